The van der Waals surface area contributed by atoms with Gasteiger partial charge in [-0.15, -0.1) is 0 Å². The molecule has 0 aliphatic rings. The van der Waals surface area contributed by atoms with E-state index in [4.69, 9.17) is 4.74 Å². The largest absolute Gasteiger partial charge is 0.465 e. The fraction of sp³-hybridized carbons (Fsp3) is 0.261. The standard InChI is InChI=1S/C23H21F3N2O4/c1-23(2,3)32-22(30)19-11-18(15-9-16(24)20(26)17(25)10-15)27-28(19)12-13-5-7-14(8-6-13)21(29)31-4/h5-11H,12H2,1-4H3. The topological polar surface area (TPSA) is 70.4 Å². The fourth-order valence-electron chi connectivity index (χ4n) is 2.91. The average Bonchev–Trinajstić information content (AvgIpc) is 3.14. The van der Waals surface area contributed by atoms with Crippen LogP contribution in [0.1, 0.15) is 47.2 Å². The Balaban J connectivity index is 2.01. The summed E-state index contributed by atoms with van der Waals surface area (Å²) in [5.74, 6) is -5.51. The third kappa shape index (κ3) is 5.16. The molecule has 1 aromatic heterocycles. The van der Waals surface area contributed by atoms with Gasteiger partial charge in [-0.25, -0.2) is 22.8 Å². The Hall–Kier alpha value is -3.62. The molecule has 3 rings (SSSR count). The number of ether oxygens (including phenoxy) is 2. The molecule has 0 bridgehead atoms. The Morgan fingerprint density at radius 1 is 0.969 bits per heavy atom. The molecule has 0 unspecified atom stereocenters. The van der Waals surface area contributed by atoms with Gasteiger partial charge in [-0.3, -0.25) is 4.68 Å². The van der Waals surface area contributed by atoms with E-state index in [0.717, 1.165) is 12.1 Å². The van der Waals surface area contributed by atoms with Crippen molar-refractivity contribution in [3.63, 3.8) is 0 Å². The minimum absolute atomic E-state index is 0.0361. The lowest BCUT2D eigenvalue weighted by atomic mass is 10.1. The Kier molecular flexibility index (Phi) is 6.38. The predicted octanol–water partition coefficient (Wildman–Crippen LogP) is 4.76. The lowest BCUT2D eigenvalue weighted by molar-refractivity contribution is 0.00564. The summed E-state index contributed by atoms with van der Waals surface area (Å²) >= 11 is 0. The molecule has 32 heavy (non-hydrogen) atoms. The molecular weight excluding hydrogens is 425 g/mol. The molecule has 0 saturated heterocycles. The van der Waals surface area contributed by atoms with E-state index in [1.165, 1.54) is 17.9 Å². The zero-order valence-electron chi connectivity index (χ0n) is 17.9. The molecule has 0 radical (unpaired) electrons. The van der Waals surface area contributed by atoms with E-state index in [9.17, 15) is 22.8 Å². The van der Waals surface area contributed by atoms with E-state index >= 15 is 0 Å². The highest BCUT2D eigenvalue weighted by atomic mass is 19.2. The van der Waals surface area contributed by atoms with E-state index in [-0.39, 0.29) is 23.5 Å². The zero-order chi connectivity index (χ0) is 23.6. The highest BCUT2D eigenvalue weighted by Crippen LogP contribution is 2.25. The molecule has 0 spiro atoms. The number of esters is 2. The van der Waals surface area contributed by atoms with Gasteiger partial charge in [0, 0.05) is 5.56 Å². The molecule has 0 N–H and O–H groups in total. The lowest BCUT2D eigenvalue weighted by Gasteiger charge is -2.19. The van der Waals surface area contributed by atoms with E-state index in [0.29, 0.717) is 11.1 Å². The quantitative estimate of drug-likeness (QED) is 0.418. The third-order valence-corrected chi connectivity index (χ3v) is 4.37. The number of carbonyl (C=O) groups is 2. The molecule has 0 amide bonds. The van der Waals surface area contributed by atoms with E-state index < -0.39 is 35.0 Å². The molecule has 0 aliphatic heterocycles. The first kappa shape index (κ1) is 23.1. The van der Waals surface area contributed by atoms with Crippen LogP contribution >= 0.6 is 0 Å². The summed E-state index contributed by atoms with van der Waals surface area (Å²) in [6.07, 6.45) is 0. The van der Waals surface area contributed by atoms with Gasteiger partial charge < -0.3 is 9.47 Å². The summed E-state index contributed by atoms with van der Waals surface area (Å²) < 4.78 is 52.2. The highest BCUT2D eigenvalue weighted by molar-refractivity contribution is 5.90. The Morgan fingerprint density at radius 3 is 2.09 bits per heavy atom. The molecule has 2 aromatic carbocycles. The van der Waals surface area contributed by atoms with Gasteiger partial charge in [0.25, 0.3) is 0 Å². The number of hydrogen-bond donors (Lipinski definition) is 0. The zero-order valence-corrected chi connectivity index (χ0v) is 17.9. The summed E-state index contributed by atoms with van der Waals surface area (Å²) in [4.78, 5) is 24.3. The van der Waals surface area contributed by atoms with Crippen molar-refractivity contribution in [3.8, 4) is 11.3 Å². The molecule has 0 atom stereocenters. The summed E-state index contributed by atoms with van der Waals surface area (Å²) in [7, 11) is 1.27. The highest BCUT2D eigenvalue weighted by Gasteiger charge is 2.24. The Labute approximate surface area is 182 Å². The van der Waals surface area contributed by atoms with Gasteiger partial charge in [0.15, 0.2) is 17.5 Å². The van der Waals surface area contributed by atoms with E-state index in [2.05, 4.69) is 9.84 Å². The van der Waals surface area contributed by atoms with E-state index in [1.54, 1.807) is 45.0 Å². The number of methoxy groups -OCH3 is 1. The first-order chi connectivity index (χ1) is 15.0. The maximum atomic E-state index is 13.7. The molecule has 0 fully saturated rings. The number of nitrogens with zero attached hydrogens (tertiary/aromatic N) is 2. The minimum atomic E-state index is -1.59. The van der Waals surface area contributed by atoms with Gasteiger partial charge in [-0.1, -0.05) is 12.1 Å². The van der Waals surface area contributed by atoms with Crippen molar-refractivity contribution in [3.05, 3.63) is 76.7 Å². The predicted molar refractivity (Wildman–Crippen MR) is 110 cm³/mol. The van der Waals surface area contributed by atoms with Crippen molar-refractivity contribution >= 4 is 11.9 Å². The van der Waals surface area contributed by atoms with Crippen LogP contribution in [0.4, 0.5) is 13.2 Å². The van der Waals surface area contributed by atoms with Gasteiger partial charge >= 0.3 is 11.9 Å². The van der Waals surface area contributed by atoms with E-state index in [1.807, 2.05) is 0 Å². The van der Waals surface area contributed by atoms with Crippen LogP contribution in [0.5, 0.6) is 0 Å². The average molecular weight is 446 g/mol. The normalized spacial score (nSPS) is 11.3. The summed E-state index contributed by atoms with van der Waals surface area (Å²) in [6.45, 7) is 5.19. The Bertz CT molecular complexity index is 1140. The number of benzene rings is 2. The molecule has 0 aliphatic carbocycles. The van der Waals surface area contributed by atoms with Gasteiger partial charge in [0.2, 0.25) is 0 Å². The maximum Gasteiger partial charge on any atom is 0.357 e. The smallest absolute Gasteiger partial charge is 0.357 e. The molecule has 1 heterocycles. The van der Waals surface area contributed by atoms with Crippen LogP contribution in [0, 0.1) is 17.5 Å². The van der Waals surface area contributed by atoms with Gasteiger partial charge in [-0.05, 0) is 56.7 Å². The second kappa shape index (κ2) is 8.86. The van der Waals surface area contributed by atoms with Crippen LogP contribution in [0.3, 0.4) is 0 Å². The summed E-state index contributed by atoms with van der Waals surface area (Å²) in [5, 5.41) is 4.28. The van der Waals surface area contributed by atoms with Crippen molar-refractivity contribution < 1.29 is 32.2 Å². The summed E-state index contributed by atoms with van der Waals surface area (Å²) in [5.41, 5.74) is 0.316. The van der Waals surface area contributed by atoms with Crippen molar-refractivity contribution in [2.24, 2.45) is 0 Å². The Morgan fingerprint density at radius 2 is 1.56 bits per heavy atom. The minimum Gasteiger partial charge on any atom is -0.465 e. The lowest BCUT2D eigenvalue weighted by Crippen LogP contribution is -2.25. The number of hydrogen-bond acceptors (Lipinski definition) is 5. The van der Waals surface area contributed by atoms with Crippen LogP contribution in [-0.4, -0.2) is 34.4 Å². The maximum absolute atomic E-state index is 13.7. The van der Waals surface area contributed by atoms with Crippen molar-refractivity contribution in [2.45, 2.75) is 32.9 Å². The van der Waals surface area contributed by atoms with Crippen LogP contribution in [-0.2, 0) is 16.0 Å². The van der Waals surface area contributed by atoms with Gasteiger partial charge in [0.1, 0.15) is 11.3 Å². The van der Waals surface area contributed by atoms with Crippen LogP contribution < -0.4 is 0 Å². The number of aromatic nitrogens is 2. The van der Waals surface area contributed by atoms with Gasteiger partial charge in [-0.2, -0.15) is 5.10 Å². The fourth-order valence-corrected chi connectivity index (χ4v) is 2.91. The van der Waals surface area contributed by atoms with Crippen LogP contribution in [0.15, 0.2) is 42.5 Å². The van der Waals surface area contributed by atoms with Crippen molar-refractivity contribution in [1.29, 1.82) is 0 Å². The second-order valence-corrected chi connectivity index (χ2v) is 8.02. The molecule has 9 heteroatoms. The van der Waals surface area contributed by atoms with Crippen LogP contribution in [0.2, 0.25) is 0 Å². The summed E-state index contributed by atoms with van der Waals surface area (Å²) in [6, 6.07) is 9.35. The SMILES string of the molecule is COC(=O)c1ccc(Cn2nc(-c3cc(F)c(F)c(F)c3)cc2C(=O)OC(C)(C)C)cc1. The van der Waals surface area contributed by atoms with Crippen molar-refractivity contribution in [1.82, 2.24) is 9.78 Å². The number of rotatable bonds is 5. The second-order valence-electron chi connectivity index (χ2n) is 8.02. The molecule has 168 valence electrons. The molecular formula is C23H21F3N2O4. The molecule has 3 aromatic rings. The van der Waals surface area contributed by atoms with Gasteiger partial charge in [0.05, 0.1) is 24.9 Å². The first-order valence-electron chi connectivity index (χ1n) is 9.62. The number of halogens is 3. The van der Waals surface area contributed by atoms with Crippen molar-refractivity contribution in [2.75, 3.05) is 7.11 Å². The third-order valence-electron chi connectivity index (χ3n) is 4.37. The number of carbonyl (C=O) groups excluding carboxylic acids is 2. The molecule has 6 nitrogen and oxygen atoms in total. The van der Waals surface area contributed by atoms with Crippen LogP contribution in [0.25, 0.3) is 11.3 Å². The molecule has 0 saturated carbocycles. The first-order valence-corrected chi connectivity index (χ1v) is 9.62. The monoisotopic (exact) mass is 446 g/mol.